The van der Waals surface area contributed by atoms with Gasteiger partial charge >= 0.3 is 6.85 Å². The van der Waals surface area contributed by atoms with Crippen LogP contribution in [0.5, 0.6) is 0 Å². The Labute approximate surface area is 362 Å². The second kappa shape index (κ2) is 13.6. The minimum absolute atomic E-state index is 0.133. The topological polar surface area (TPSA) is 6.48 Å². The summed E-state index contributed by atoms with van der Waals surface area (Å²) in [5, 5.41) is 2.50. The fourth-order valence-electron chi connectivity index (χ4n) is 11.2. The number of anilines is 5. The summed E-state index contributed by atoms with van der Waals surface area (Å²) >= 11 is 0. The van der Waals surface area contributed by atoms with E-state index in [0.717, 1.165) is 5.69 Å². The van der Waals surface area contributed by atoms with Crippen molar-refractivity contribution in [2.24, 2.45) is 0 Å². The number of rotatable bonds is 5. The molecule has 62 heavy (non-hydrogen) atoms. The van der Waals surface area contributed by atoms with Crippen LogP contribution in [0.4, 0.5) is 28.4 Å². The van der Waals surface area contributed by atoms with E-state index < -0.39 is 5.41 Å². The van der Waals surface area contributed by atoms with Gasteiger partial charge in [0, 0.05) is 28.3 Å². The Morgan fingerprint density at radius 3 is 1.69 bits per heavy atom. The van der Waals surface area contributed by atoms with Crippen LogP contribution < -0.4 is 20.6 Å². The second-order valence-corrected chi connectivity index (χ2v) is 16.8. The van der Waals surface area contributed by atoms with Crippen LogP contribution in [0.15, 0.2) is 237 Å². The minimum atomic E-state index is -0.576. The highest BCUT2D eigenvalue weighted by Crippen LogP contribution is 2.59. The van der Waals surface area contributed by atoms with Gasteiger partial charge in [-0.25, -0.2) is 0 Å². The summed E-state index contributed by atoms with van der Waals surface area (Å²) < 4.78 is 0. The standard InChI is InChI=1S/C59H39BN2/c1-5-19-40(20-6-1)42-24-17-29-47(37-42)62-53-36-35-43(41-21-7-2-8-22-41)38-49(53)56-48-30-14-13-23-44(48)39-55-57(56)60(62)52-33-18-32-51-58(52)61(55)54-34-16-15-31-50(54)59(51,45-25-9-3-10-26-45)46-27-11-4-12-28-46/h1-39H. The molecule has 0 saturated carbocycles. The van der Waals surface area contributed by atoms with Crippen LogP contribution in [0.2, 0.25) is 0 Å². The van der Waals surface area contributed by atoms with E-state index in [0.29, 0.717) is 0 Å². The summed E-state index contributed by atoms with van der Waals surface area (Å²) in [6, 6.07) is 88.1. The van der Waals surface area contributed by atoms with Crippen molar-refractivity contribution in [1.29, 1.82) is 0 Å². The van der Waals surface area contributed by atoms with E-state index in [4.69, 9.17) is 0 Å². The SMILES string of the molecule is c1ccc(-c2cccc(N3B4c5cccc6c5N(c5ccccc5C6(c5ccccc5)c5ccccc5)c5cc6ccccc6c(c54)-c4cc(-c5ccccc5)ccc43)c2)cc1. The van der Waals surface area contributed by atoms with Gasteiger partial charge in [-0.05, 0) is 108 Å². The molecule has 0 unspecified atom stereocenters. The van der Waals surface area contributed by atoms with Gasteiger partial charge in [0.2, 0.25) is 0 Å². The Bertz CT molecular complexity index is 3320. The van der Waals surface area contributed by atoms with Gasteiger partial charge in [-0.3, -0.25) is 0 Å². The molecule has 0 saturated heterocycles. The zero-order valence-corrected chi connectivity index (χ0v) is 34.0. The largest absolute Gasteiger partial charge is 0.376 e. The molecule has 0 aromatic heterocycles. The molecule has 13 rings (SSSR count). The molecule has 10 aromatic carbocycles. The molecule has 0 N–H and O–H groups in total. The zero-order valence-electron chi connectivity index (χ0n) is 34.0. The number of nitrogens with zero attached hydrogens (tertiary/aromatic N) is 2. The molecule has 10 aromatic rings. The summed E-state index contributed by atoms with van der Waals surface area (Å²) in [5.41, 5.74) is 20.5. The lowest BCUT2D eigenvalue weighted by Gasteiger charge is -2.52. The maximum atomic E-state index is 2.65. The molecule has 0 aliphatic carbocycles. The lowest BCUT2D eigenvalue weighted by molar-refractivity contribution is 0.732. The number of hydrogen-bond donors (Lipinski definition) is 0. The number of benzene rings is 10. The predicted octanol–water partition coefficient (Wildman–Crippen LogP) is 13.6. The van der Waals surface area contributed by atoms with E-state index in [2.05, 4.69) is 246 Å². The molecule has 0 bridgehead atoms. The third-order valence-electron chi connectivity index (χ3n) is 13.7. The molecular formula is C59H39BN2. The van der Waals surface area contributed by atoms with Crippen molar-refractivity contribution in [2.45, 2.75) is 5.41 Å². The third-order valence-corrected chi connectivity index (χ3v) is 13.7. The fourth-order valence-corrected chi connectivity index (χ4v) is 11.2. The third kappa shape index (κ3) is 4.88. The minimum Gasteiger partial charge on any atom is -0.376 e. The Kier molecular flexibility index (Phi) is 7.65. The molecule has 0 spiro atoms. The molecule has 0 amide bonds. The van der Waals surface area contributed by atoms with Gasteiger partial charge in [-0.15, -0.1) is 0 Å². The van der Waals surface area contributed by atoms with Crippen LogP contribution in [-0.2, 0) is 5.41 Å². The summed E-state index contributed by atoms with van der Waals surface area (Å²) in [6.45, 7) is -0.133. The van der Waals surface area contributed by atoms with Crippen molar-refractivity contribution < 1.29 is 0 Å². The summed E-state index contributed by atoms with van der Waals surface area (Å²) in [7, 11) is 0. The van der Waals surface area contributed by atoms with Crippen LogP contribution in [0.1, 0.15) is 22.3 Å². The average molecular weight is 787 g/mol. The zero-order chi connectivity index (χ0) is 40.8. The van der Waals surface area contributed by atoms with Crippen molar-refractivity contribution in [3.05, 3.63) is 259 Å². The van der Waals surface area contributed by atoms with Gasteiger partial charge in [0.15, 0.2) is 0 Å². The first-order valence-electron chi connectivity index (χ1n) is 21.6. The molecule has 0 atom stereocenters. The lowest BCUT2D eigenvalue weighted by Crippen LogP contribution is -2.62. The fraction of sp³-hybridized carbons (Fsp3) is 0.0169. The Morgan fingerprint density at radius 2 is 0.968 bits per heavy atom. The van der Waals surface area contributed by atoms with Crippen molar-refractivity contribution in [1.82, 2.24) is 0 Å². The van der Waals surface area contributed by atoms with Crippen LogP contribution in [-0.4, -0.2) is 6.85 Å². The Morgan fingerprint density at radius 1 is 0.387 bits per heavy atom. The van der Waals surface area contributed by atoms with Gasteiger partial charge < -0.3 is 9.71 Å². The monoisotopic (exact) mass is 786 g/mol. The van der Waals surface area contributed by atoms with Crippen LogP contribution in [0.3, 0.4) is 0 Å². The highest BCUT2D eigenvalue weighted by molar-refractivity contribution is 6.94. The molecule has 2 nitrogen and oxygen atoms in total. The highest BCUT2D eigenvalue weighted by Gasteiger charge is 2.53. The molecule has 3 heteroatoms. The molecule has 288 valence electrons. The van der Waals surface area contributed by atoms with Crippen molar-refractivity contribution in [2.75, 3.05) is 9.71 Å². The smallest absolute Gasteiger partial charge is 0.333 e. The van der Waals surface area contributed by atoms with Gasteiger partial charge in [0.25, 0.3) is 0 Å². The van der Waals surface area contributed by atoms with Gasteiger partial charge in [-0.2, -0.15) is 0 Å². The Balaban J connectivity index is 1.18. The van der Waals surface area contributed by atoms with E-state index in [1.54, 1.807) is 0 Å². The molecular weight excluding hydrogens is 747 g/mol. The van der Waals surface area contributed by atoms with E-state index in [9.17, 15) is 0 Å². The quantitative estimate of drug-likeness (QED) is 0.160. The number of hydrogen-bond acceptors (Lipinski definition) is 2. The van der Waals surface area contributed by atoms with E-state index in [1.807, 2.05) is 0 Å². The summed E-state index contributed by atoms with van der Waals surface area (Å²) in [5.74, 6) is 0. The molecule has 0 radical (unpaired) electrons. The first kappa shape index (κ1) is 34.9. The van der Waals surface area contributed by atoms with Crippen molar-refractivity contribution in [3.63, 3.8) is 0 Å². The van der Waals surface area contributed by atoms with Crippen LogP contribution in [0.25, 0.3) is 44.2 Å². The first-order valence-corrected chi connectivity index (χ1v) is 21.6. The second-order valence-electron chi connectivity index (χ2n) is 16.8. The normalized spacial score (nSPS) is 13.8. The number of fused-ring (bicyclic) bond motifs is 8. The Hall–Kier alpha value is -7.88. The van der Waals surface area contributed by atoms with Gasteiger partial charge in [0.1, 0.15) is 0 Å². The molecule has 3 aliphatic rings. The summed E-state index contributed by atoms with van der Waals surface area (Å²) in [6.07, 6.45) is 0. The maximum absolute atomic E-state index is 2.65. The lowest BCUT2D eigenvalue weighted by atomic mass is 9.42. The van der Waals surface area contributed by atoms with E-state index in [1.165, 1.54) is 100 Å². The van der Waals surface area contributed by atoms with Crippen LogP contribution >= 0.6 is 0 Å². The summed E-state index contributed by atoms with van der Waals surface area (Å²) in [4.78, 5) is 5.27. The maximum Gasteiger partial charge on any atom is 0.333 e. The van der Waals surface area contributed by atoms with Crippen molar-refractivity contribution in [3.8, 4) is 33.4 Å². The van der Waals surface area contributed by atoms with Crippen LogP contribution in [0, 0.1) is 0 Å². The molecule has 3 heterocycles. The first-order chi connectivity index (χ1) is 30.8. The molecule has 3 aliphatic heterocycles. The van der Waals surface area contributed by atoms with Gasteiger partial charge in [0.05, 0.1) is 11.1 Å². The average Bonchev–Trinajstić information content (AvgIpc) is 3.35. The predicted molar refractivity (Wildman–Crippen MR) is 260 cm³/mol. The van der Waals surface area contributed by atoms with E-state index in [-0.39, 0.29) is 6.85 Å². The highest BCUT2D eigenvalue weighted by atomic mass is 15.2. The van der Waals surface area contributed by atoms with E-state index >= 15 is 0 Å². The number of para-hydroxylation sites is 2. The van der Waals surface area contributed by atoms with Crippen molar-refractivity contribution >= 4 is 57.0 Å². The van der Waals surface area contributed by atoms with Gasteiger partial charge in [-0.1, -0.05) is 200 Å². The molecule has 0 fully saturated rings.